The number of amides is 1. The zero-order valence-corrected chi connectivity index (χ0v) is 14.6. The van der Waals surface area contributed by atoms with Gasteiger partial charge in [0.2, 0.25) is 5.91 Å². The Balaban J connectivity index is 1.83. The number of carbonyl (C=O) groups excluding carboxylic acids is 1. The highest BCUT2D eigenvalue weighted by Gasteiger charge is 2.44. The van der Waals surface area contributed by atoms with Gasteiger partial charge in [0, 0.05) is 19.1 Å². The van der Waals surface area contributed by atoms with Crippen molar-refractivity contribution in [2.45, 2.75) is 63.3 Å². The van der Waals surface area contributed by atoms with E-state index in [4.69, 9.17) is 5.73 Å². The number of nitrogens with zero attached hydrogens (tertiary/aromatic N) is 1. The summed E-state index contributed by atoms with van der Waals surface area (Å²) in [7, 11) is 0. The van der Waals surface area contributed by atoms with Gasteiger partial charge in [-0.15, -0.1) is 0 Å². The van der Waals surface area contributed by atoms with Gasteiger partial charge in [-0.25, -0.2) is 4.39 Å². The molecule has 24 heavy (non-hydrogen) atoms. The normalized spacial score (nSPS) is 23.0. The lowest BCUT2D eigenvalue weighted by molar-refractivity contribution is -0.140. The quantitative estimate of drug-likeness (QED) is 0.919. The van der Waals surface area contributed by atoms with Crippen molar-refractivity contribution in [1.82, 2.24) is 4.90 Å². The second-order valence-electron chi connectivity index (χ2n) is 7.64. The van der Waals surface area contributed by atoms with Crippen molar-refractivity contribution >= 4 is 5.91 Å². The van der Waals surface area contributed by atoms with Gasteiger partial charge in [-0.3, -0.25) is 4.79 Å². The lowest BCUT2D eigenvalue weighted by Crippen LogP contribution is -2.51. The van der Waals surface area contributed by atoms with Gasteiger partial charge < -0.3 is 10.6 Å². The highest BCUT2D eigenvalue weighted by molar-refractivity contribution is 5.88. The average Bonchev–Trinajstić information content (AvgIpc) is 2.62. The van der Waals surface area contributed by atoms with Crippen LogP contribution in [0.5, 0.6) is 0 Å². The molecule has 0 spiro atoms. The molecule has 4 heteroatoms. The standard InChI is InChI=1S/C20H29FN2O/c1-15(22)16-8-12-23(13-9-16)19(24)20(10-3-2-4-11-20)17-6-5-7-18(21)14-17/h5-7,14-16H,2-4,8-13,22H2,1H3. The summed E-state index contributed by atoms with van der Waals surface area (Å²) >= 11 is 0. The zero-order chi connectivity index (χ0) is 17.2. The highest BCUT2D eigenvalue weighted by atomic mass is 19.1. The molecule has 1 aromatic rings. The second-order valence-corrected chi connectivity index (χ2v) is 7.64. The number of rotatable bonds is 3. The Morgan fingerprint density at radius 2 is 1.92 bits per heavy atom. The van der Waals surface area contributed by atoms with Crippen molar-refractivity contribution in [3.8, 4) is 0 Å². The predicted molar refractivity (Wildman–Crippen MR) is 94.1 cm³/mol. The summed E-state index contributed by atoms with van der Waals surface area (Å²) in [5.41, 5.74) is 6.36. The minimum atomic E-state index is -0.526. The molecule has 3 rings (SSSR count). The Kier molecular flexibility index (Phi) is 5.24. The third kappa shape index (κ3) is 3.34. The monoisotopic (exact) mass is 332 g/mol. The molecule has 1 heterocycles. The van der Waals surface area contributed by atoms with E-state index in [1.165, 1.54) is 6.07 Å². The van der Waals surface area contributed by atoms with Gasteiger partial charge in [-0.2, -0.15) is 0 Å². The largest absolute Gasteiger partial charge is 0.342 e. The van der Waals surface area contributed by atoms with E-state index in [2.05, 4.69) is 6.92 Å². The highest BCUT2D eigenvalue weighted by Crippen LogP contribution is 2.42. The van der Waals surface area contributed by atoms with Crippen LogP contribution in [0.4, 0.5) is 4.39 Å². The summed E-state index contributed by atoms with van der Waals surface area (Å²) in [6.07, 6.45) is 6.87. The van der Waals surface area contributed by atoms with Crippen molar-refractivity contribution in [2.24, 2.45) is 11.7 Å². The van der Waals surface area contributed by atoms with E-state index in [1.807, 2.05) is 11.0 Å². The van der Waals surface area contributed by atoms with Crippen molar-refractivity contribution in [1.29, 1.82) is 0 Å². The Morgan fingerprint density at radius 1 is 1.25 bits per heavy atom. The van der Waals surface area contributed by atoms with Gasteiger partial charge in [0.25, 0.3) is 0 Å². The minimum absolute atomic E-state index is 0.189. The van der Waals surface area contributed by atoms with E-state index in [0.29, 0.717) is 5.92 Å². The molecule has 1 aromatic carbocycles. The van der Waals surface area contributed by atoms with Crippen molar-refractivity contribution in [3.05, 3.63) is 35.6 Å². The topological polar surface area (TPSA) is 46.3 Å². The number of likely N-dealkylation sites (tertiary alicyclic amines) is 1. The molecule has 2 aliphatic rings. The lowest BCUT2D eigenvalue weighted by atomic mass is 9.68. The lowest BCUT2D eigenvalue weighted by Gasteiger charge is -2.43. The molecular weight excluding hydrogens is 303 g/mol. The second kappa shape index (κ2) is 7.22. The summed E-state index contributed by atoms with van der Waals surface area (Å²) in [4.78, 5) is 15.4. The number of carbonyl (C=O) groups is 1. The van der Waals surface area contributed by atoms with Crippen LogP contribution >= 0.6 is 0 Å². The van der Waals surface area contributed by atoms with E-state index in [9.17, 15) is 9.18 Å². The molecular formula is C20H29FN2O. The molecule has 0 radical (unpaired) electrons. The van der Waals surface area contributed by atoms with Gasteiger partial charge >= 0.3 is 0 Å². The van der Waals surface area contributed by atoms with Gasteiger partial charge in [0.05, 0.1) is 5.41 Å². The predicted octanol–water partition coefficient (Wildman–Crippen LogP) is 3.61. The number of halogens is 1. The van der Waals surface area contributed by atoms with Crippen LogP contribution in [0.1, 0.15) is 57.4 Å². The molecule has 1 saturated heterocycles. The summed E-state index contributed by atoms with van der Waals surface area (Å²) in [5, 5.41) is 0. The van der Waals surface area contributed by atoms with Crippen LogP contribution in [0.3, 0.4) is 0 Å². The molecule has 1 aliphatic carbocycles. The van der Waals surface area contributed by atoms with E-state index in [-0.39, 0.29) is 17.8 Å². The van der Waals surface area contributed by atoms with Crippen LogP contribution in [0, 0.1) is 11.7 Å². The number of nitrogens with two attached hydrogens (primary N) is 1. The van der Waals surface area contributed by atoms with Crippen LogP contribution in [-0.2, 0) is 10.2 Å². The number of benzene rings is 1. The zero-order valence-electron chi connectivity index (χ0n) is 14.6. The average molecular weight is 332 g/mol. The maximum Gasteiger partial charge on any atom is 0.233 e. The van der Waals surface area contributed by atoms with E-state index in [0.717, 1.165) is 63.6 Å². The molecule has 1 saturated carbocycles. The van der Waals surface area contributed by atoms with Crippen LogP contribution in [0.15, 0.2) is 24.3 Å². The Morgan fingerprint density at radius 3 is 2.50 bits per heavy atom. The van der Waals surface area contributed by atoms with Crippen molar-refractivity contribution in [3.63, 3.8) is 0 Å². The van der Waals surface area contributed by atoms with Crippen molar-refractivity contribution in [2.75, 3.05) is 13.1 Å². The van der Waals surface area contributed by atoms with Gasteiger partial charge in [-0.1, -0.05) is 31.4 Å². The molecule has 2 fully saturated rings. The van der Waals surface area contributed by atoms with Crippen LogP contribution in [0.25, 0.3) is 0 Å². The summed E-state index contributed by atoms with van der Waals surface area (Å²) in [5.74, 6) is 0.461. The van der Waals surface area contributed by atoms with E-state index >= 15 is 0 Å². The summed E-state index contributed by atoms with van der Waals surface area (Å²) in [6.45, 7) is 3.61. The Bertz CT molecular complexity index is 573. The molecule has 0 aromatic heterocycles. The molecule has 2 N–H and O–H groups in total. The molecule has 1 atom stereocenters. The van der Waals surface area contributed by atoms with Crippen LogP contribution in [-0.4, -0.2) is 29.9 Å². The van der Waals surface area contributed by atoms with Gasteiger partial charge in [0.15, 0.2) is 0 Å². The molecule has 1 unspecified atom stereocenters. The van der Waals surface area contributed by atoms with Crippen LogP contribution in [0.2, 0.25) is 0 Å². The fourth-order valence-electron chi connectivity index (χ4n) is 4.50. The first-order valence-electron chi connectivity index (χ1n) is 9.34. The third-order valence-corrected chi connectivity index (χ3v) is 6.06. The first-order valence-corrected chi connectivity index (χ1v) is 9.34. The number of hydrogen-bond donors (Lipinski definition) is 1. The summed E-state index contributed by atoms with van der Waals surface area (Å²) < 4.78 is 13.8. The van der Waals surface area contributed by atoms with Crippen LogP contribution < -0.4 is 5.73 Å². The maximum absolute atomic E-state index is 13.8. The van der Waals surface area contributed by atoms with Gasteiger partial charge in [0.1, 0.15) is 5.82 Å². The third-order valence-electron chi connectivity index (χ3n) is 6.06. The number of hydrogen-bond acceptors (Lipinski definition) is 2. The Hall–Kier alpha value is -1.42. The molecule has 3 nitrogen and oxygen atoms in total. The fraction of sp³-hybridized carbons (Fsp3) is 0.650. The molecule has 1 aliphatic heterocycles. The van der Waals surface area contributed by atoms with E-state index in [1.54, 1.807) is 12.1 Å². The minimum Gasteiger partial charge on any atom is -0.342 e. The summed E-state index contributed by atoms with van der Waals surface area (Å²) in [6, 6.07) is 6.88. The smallest absolute Gasteiger partial charge is 0.233 e. The Labute approximate surface area is 144 Å². The SMILES string of the molecule is CC(N)C1CCN(C(=O)C2(c3cccc(F)c3)CCCCC2)CC1. The number of piperidine rings is 1. The molecule has 132 valence electrons. The molecule has 0 bridgehead atoms. The first kappa shape index (κ1) is 17.4. The maximum atomic E-state index is 13.8. The van der Waals surface area contributed by atoms with Gasteiger partial charge in [-0.05, 0) is 56.2 Å². The van der Waals surface area contributed by atoms with Crippen molar-refractivity contribution < 1.29 is 9.18 Å². The fourth-order valence-corrected chi connectivity index (χ4v) is 4.50. The first-order chi connectivity index (χ1) is 11.5. The molecule has 1 amide bonds. The van der Waals surface area contributed by atoms with E-state index < -0.39 is 5.41 Å².